The van der Waals surface area contributed by atoms with E-state index in [1.165, 1.54) is 4.90 Å². The SMILES string of the molecule is CCOC(=O)C1CCN(C(=O)c2cccc(N3CCO[C@H]([C@@H](O)C(=O)Nc4ccc5c(c4)CN=C5N)C3=O)c2)CC1. The summed E-state index contributed by atoms with van der Waals surface area (Å²) in [4.78, 5) is 58.7. The van der Waals surface area contributed by atoms with Crippen molar-refractivity contribution in [1.82, 2.24) is 4.90 Å². The molecule has 2 aromatic rings. The number of fused-ring (bicyclic) bond motifs is 1. The lowest BCUT2D eigenvalue weighted by Crippen LogP contribution is -2.55. The summed E-state index contributed by atoms with van der Waals surface area (Å²) in [5, 5.41) is 13.4. The van der Waals surface area contributed by atoms with Gasteiger partial charge in [-0.25, -0.2) is 0 Å². The monoisotopic (exact) mass is 563 g/mol. The highest BCUT2D eigenvalue weighted by molar-refractivity contribution is 6.05. The molecule has 0 aromatic heterocycles. The van der Waals surface area contributed by atoms with Gasteiger partial charge in [-0.1, -0.05) is 6.07 Å². The summed E-state index contributed by atoms with van der Waals surface area (Å²) in [5.74, 6) is -1.59. The molecule has 4 N–H and O–H groups in total. The van der Waals surface area contributed by atoms with Crippen LogP contribution >= 0.6 is 0 Å². The summed E-state index contributed by atoms with van der Waals surface area (Å²) in [7, 11) is 0. The molecular formula is C29H33N5O7. The number of aliphatic hydroxyl groups is 1. The Morgan fingerprint density at radius 3 is 2.71 bits per heavy atom. The second-order valence-corrected chi connectivity index (χ2v) is 10.2. The van der Waals surface area contributed by atoms with Gasteiger partial charge in [0.15, 0.2) is 12.2 Å². The zero-order chi connectivity index (χ0) is 29.1. The second kappa shape index (κ2) is 12.1. The average molecular weight is 564 g/mol. The van der Waals surface area contributed by atoms with Gasteiger partial charge in [0.2, 0.25) is 0 Å². The topological polar surface area (TPSA) is 164 Å². The van der Waals surface area contributed by atoms with Crippen molar-refractivity contribution in [3.05, 3.63) is 59.2 Å². The van der Waals surface area contributed by atoms with E-state index in [1.54, 1.807) is 54.3 Å². The molecular weight excluding hydrogens is 530 g/mol. The van der Waals surface area contributed by atoms with Crippen LogP contribution in [0.25, 0.3) is 0 Å². The van der Waals surface area contributed by atoms with Crippen LogP contribution < -0.4 is 16.0 Å². The van der Waals surface area contributed by atoms with Crippen molar-refractivity contribution in [2.45, 2.75) is 38.5 Å². The summed E-state index contributed by atoms with van der Waals surface area (Å²) >= 11 is 0. The molecule has 2 atom stereocenters. The Balaban J connectivity index is 1.22. The highest BCUT2D eigenvalue weighted by Gasteiger charge is 2.39. The van der Waals surface area contributed by atoms with Crippen molar-refractivity contribution in [3.63, 3.8) is 0 Å². The van der Waals surface area contributed by atoms with Crippen LogP contribution in [0.1, 0.15) is 41.3 Å². The number of piperidine rings is 1. The van der Waals surface area contributed by atoms with Gasteiger partial charge in [-0.05, 0) is 61.7 Å². The van der Waals surface area contributed by atoms with Gasteiger partial charge in [0, 0.05) is 42.1 Å². The van der Waals surface area contributed by atoms with E-state index in [2.05, 4.69) is 10.3 Å². The molecule has 3 aliphatic heterocycles. The lowest BCUT2D eigenvalue weighted by Gasteiger charge is -2.34. The fraction of sp³-hybridized carbons (Fsp3) is 0.414. The van der Waals surface area contributed by atoms with E-state index in [9.17, 15) is 24.3 Å². The number of carbonyl (C=O) groups excluding carboxylic acids is 4. The Hall–Kier alpha value is -4.29. The van der Waals surface area contributed by atoms with Crippen molar-refractivity contribution in [2.24, 2.45) is 16.6 Å². The van der Waals surface area contributed by atoms with Crippen LogP contribution in [-0.2, 0) is 30.4 Å². The number of nitrogens with one attached hydrogen (secondary N) is 1. The Kier molecular flexibility index (Phi) is 8.31. The molecule has 12 heteroatoms. The molecule has 0 spiro atoms. The van der Waals surface area contributed by atoms with E-state index in [-0.39, 0.29) is 30.9 Å². The van der Waals surface area contributed by atoms with Crippen LogP contribution in [0.5, 0.6) is 0 Å². The standard InChI is InChI=1S/C29H33N5O7/c1-2-40-29(39)17-8-10-33(11-9-17)27(37)18-4-3-5-21(15-18)34-12-13-41-24(28(34)38)23(35)26(36)32-20-6-7-22-19(14-20)16-31-25(22)30/h3-7,14-15,17,23-24,35H,2,8-13,16H2,1H3,(H2,30,31)(H,32,36)/t23-,24-/m1/s1. The smallest absolute Gasteiger partial charge is 0.309 e. The number of nitrogens with zero attached hydrogens (tertiary/aromatic N) is 3. The molecule has 0 saturated carbocycles. The van der Waals surface area contributed by atoms with Crippen LogP contribution in [0.2, 0.25) is 0 Å². The number of esters is 1. The predicted octanol–water partition coefficient (Wildman–Crippen LogP) is 1.05. The minimum absolute atomic E-state index is 0.0930. The first-order chi connectivity index (χ1) is 19.8. The van der Waals surface area contributed by atoms with Gasteiger partial charge in [0.25, 0.3) is 17.7 Å². The molecule has 2 aromatic carbocycles. The number of amides is 3. The number of nitrogens with two attached hydrogens (primary N) is 1. The van der Waals surface area contributed by atoms with Gasteiger partial charge in [0.05, 0.1) is 25.7 Å². The van der Waals surface area contributed by atoms with Crippen molar-refractivity contribution in [2.75, 3.05) is 43.1 Å². The average Bonchev–Trinajstić information content (AvgIpc) is 3.36. The van der Waals surface area contributed by atoms with Crippen LogP contribution in [0, 0.1) is 5.92 Å². The molecule has 0 unspecified atom stereocenters. The third-order valence-electron chi connectivity index (χ3n) is 7.55. The number of aliphatic imine (C=N–C) groups is 1. The van der Waals surface area contributed by atoms with Crippen molar-refractivity contribution < 1.29 is 33.8 Å². The molecule has 3 heterocycles. The number of carbonyl (C=O) groups is 4. The van der Waals surface area contributed by atoms with E-state index in [0.717, 1.165) is 11.1 Å². The number of morpholine rings is 1. The highest BCUT2D eigenvalue weighted by atomic mass is 16.5. The number of aliphatic hydroxyl groups excluding tert-OH is 1. The number of anilines is 2. The van der Waals surface area contributed by atoms with Gasteiger partial charge in [0.1, 0.15) is 5.84 Å². The first-order valence-electron chi connectivity index (χ1n) is 13.7. The maximum atomic E-state index is 13.3. The summed E-state index contributed by atoms with van der Waals surface area (Å²) in [6.07, 6.45) is -2.12. The number of likely N-dealkylation sites (tertiary alicyclic amines) is 1. The maximum absolute atomic E-state index is 13.3. The summed E-state index contributed by atoms with van der Waals surface area (Å²) in [6, 6.07) is 11.8. The molecule has 41 heavy (non-hydrogen) atoms. The molecule has 0 aliphatic carbocycles. The van der Waals surface area contributed by atoms with E-state index in [4.69, 9.17) is 15.2 Å². The number of ether oxygens (including phenoxy) is 2. The number of hydrogen-bond donors (Lipinski definition) is 3. The fourth-order valence-electron chi connectivity index (χ4n) is 5.32. The Labute approximate surface area is 237 Å². The van der Waals surface area contributed by atoms with Crippen LogP contribution in [0.4, 0.5) is 11.4 Å². The molecule has 0 radical (unpaired) electrons. The van der Waals surface area contributed by atoms with Crippen molar-refractivity contribution >= 4 is 40.9 Å². The summed E-state index contributed by atoms with van der Waals surface area (Å²) in [6.45, 7) is 3.64. The molecule has 3 aliphatic rings. The first-order valence-corrected chi connectivity index (χ1v) is 13.7. The Morgan fingerprint density at radius 1 is 1.17 bits per heavy atom. The molecule has 12 nitrogen and oxygen atoms in total. The van der Waals surface area contributed by atoms with E-state index in [1.807, 2.05) is 0 Å². The quantitative estimate of drug-likeness (QED) is 0.421. The Morgan fingerprint density at radius 2 is 1.95 bits per heavy atom. The minimum Gasteiger partial charge on any atom is -0.466 e. The molecule has 2 fully saturated rings. The van der Waals surface area contributed by atoms with Crippen molar-refractivity contribution in [3.8, 4) is 0 Å². The van der Waals surface area contributed by atoms with Crippen molar-refractivity contribution in [1.29, 1.82) is 0 Å². The van der Waals surface area contributed by atoms with E-state index >= 15 is 0 Å². The fourth-order valence-corrected chi connectivity index (χ4v) is 5.32. The lowest BCUT2D eigenvalue weighted by atomic mass is 9.96. The third-order valence-corrected chi connectivity index (χ3v) is 7.55. The first kappa shape index (κ1) is 28.2. The van der Waals surface area contributed by atoms with Gasteiger partial charge < -0.3 is 35.4 Å². The molecule has 3 amide bonds. The second-order valence-electron chi connectivity index (χ2n) is 10.2. The summed E-state index contributed by atoms with van der Waals surface area (Å²) in [5.41, 5.74) is 8.78. The van der Waals surface area contributed by atoms with E-state index < -0.39 is 24.0 Å². The zero-order valence-electron chi connectivity index (χ0n) is 22.7. The van der Waals surface area contributed by atoms with Crippen LogP contribution in [0.3, 0.4) is 0 Å². The van der Waals surface area contributed by atoms with Crippen LogP contribution in [-0.4, -0.2) is 84.6 Å². The van der Waals surface area contributed by atoms with Gasteiger partial charge in [-0.2, -0.15) is 0 Å². The minimum atomic E-state index is -1.76. The van der Waals surface area contributed by atoms with Crippen LogP contribution in [0.15, 0.2) is 47.5 Å². The maximum Gasteiger partial charge on any atom is 0.309 e. The molecule has 216 valence electrons. The lowest BCUT2D eigenvalue weighted by molar-refractivity contribution is -0.150. The van der Waals surface area contributed by atoms with Gasteiger partial charge in [-0.15, -0.1) is 0 Å². The van der Waals surface area contributed by atoms with E-state index in [0.29, 0.717) is 61.9 Å². The highest BCUT2D eigenvalue weighted by Crippen LogP contribution is 2.26. The third kappa shape index (κ3) is 5.93. The summed E-state index contributed by atoms with van der Waals surface area (Å²) < 4.78 is 10.6. The number of hydrogen-bond acceptors (Lipinski definition) is 9. The predicted molar refractivity (Wildman–Crippen MR) is 149 cm³/mol. The number of amidine groups is 1. The van der Waals surface area contributed by atoms with Gasteiger partial charge in [-0.3, -0.25) is 24.2 Å². The molecule has 5 rings (SSSR count). The van der Waals surface area contributed by atoms with Gasteiger partial charge >= 0.3 is 5.97 Å². The largest absolute Gasteiger partial charge is 0.466 e. The Bertz CT molecular complexity index is 1390. The zero-order valence-corrected chi connectivity index (χ0v) is 22.7. The normalized spacial score (nSPS) is 19.8. The molecule has 2 saturated heterocycles. The number of rotatable bonds is 7. The molecule has 0 bridgehead atoms. The number of benzene rings is 2.